The molecule has 2 aromatic carbocycles. The van der Waals surface area contributed by atoms with Crippen molar-refractivity contribution in [2.24, 2.45) is 0 Å². The Balaban J connectivity index is 0.000000240. The van der Waals surface area contributed by atoms with Crippen LogP contribution >= 0.6 is 0 Å². The van der Waals surface area contributed by atoms with Crippen LogP contribution in [0.4, 0.5) is 0 Å². The lowest BCUT2D eigenvalue weighted by Crippen LogP contribution is -2.05. The third-order valence-electron chi connectivity index (χ3n) is 3.51. The molecule has 0 spiro atoms. The van der Waals surface area contributed by atoms with Crippen molar-refractivity contribution in [2.45, 2.75) is 26.2 Å². The average Bonchev–Trinajstić information content (AvgIpc) is 2.63. The molecule has 4 nitrogen and oxygen atoms in total. The predicted octanol–water partition coefficient (Wildman–Crippen LogP) is 3.50. The molecule has 0 aliphatic heterocycles. The van der Waals surface area contributed by atoms with Gasteiger partial charge in [0.05, 0.1) is 20.6 Å². The number of esters is 2. The number of benzene rings is 2. The van der Waals surface area contributed by atoms with E-state index in [0.29, 0.717) is 12.8 Å². The molecule has 0 aliphatic carbocycles. The number of hydrogen-bond acceptors (Lipinski definition) is 4. The average molecular weight is 328 g/mol. The fraction of sp³-hybridized carbons (Fsp3) is 0.300. The van der Waals surface area contributed by atoms with E-state index in [4.69, 9.17) is 0 Å². The third-order valence-corrected chi connectivity index (χ3v) is 3.51. The van der Waals surface area contributed by atoms with Crippen molar-refractivity contribution in [3.05, 3.63) is 71.3 Å². The fourth-order valence-corrected chi connectivity index (χ4v) is 2.03. The van der Waals surface area contributed by atoms with E-state index >= 15 is 0 Å². The summed E-state index contributed by atoms with van der Waals surface area (Å²) < 4.78 is 9.10. The summed E-state index contributed by atoms with van der Waals surface area (Å²) in [6.45, 7) is 1.98. The van der Waals surface area contributed by atoms with Crippen molar-refractivity contribution in [3.8, 4) is 0 Å². The quantitative estimate of drug-likeness (QED) is 0.788. The van der Waals surface area contributed by atoms with Crippen molar-refractivity contribution in [3.63, 3.8) is 0 Å². The Morgan fingerprint density at radius 3 is 2.00 bits per heavy atom. The standard InChI is InChI=1S/2C10H12O2/c1-8-5-3-4-6-9(8)7-10(11)12-2;1-12-10(11)8-7-9-5-3-2-4-6-9/h3-6H,7H2,1-2H3;2-6H,7-8H2,1H3. The van der Waals surface area contributed by atoms with Crippen LogP contribution in [0, 0.1) is 6.92 Å². The normalized spacial score (nSPS) is 9.46. The van der Waals surface area contributed by atoms with Crippen LogP contribution in [-0.2, 0) is 31.9 Å². The molecule has 0 saturated carbocycles. The molecule has 0 heterocycles. The molecule has 2 rings (SSSR count). The van der Waals surface area contributed by atoms with Gasteiger partial charge >= 0.3 is 11.9 Å². The lowest BCUT2D eigenvalue weighted by Gasteiger charge is -2.02. The van der Waals surface area contributed by atoms with Gasteiger partial charge in [0, 0.05) is 6.42 Å². The monoisotopic (exact) mass is 328 g/mol. The third kappa shape index (κ3) is 7.58. The largest absolute Gasteiger partial charge is 0.469 e. The second-order valence-corrected chi connectivity index (χ2v) is 5.24. The molecule has 0 radical (unpaired) electrons. The molecule has 0 fully saturated rings. The maximum absolute atomic E-state index is 10.9. The Kier molecular flexibility index (Phi) is 8.90. The highest BCUT2D eigenvalue weighted by Crippen LogP contribution is 2.07. The lowest BCUT2D eigenvalue weighted by atomic mass is 10.1. The lowest BCUT2D eigenvalue weighted by molar-refractivity contribution is -0.141. The zero-order chi connectivity index (χ0) is 17.8. The first kappa shape index (κ1) is 19.4. The Morgan fingerprint density at radius 2 is 1.42 bits per heavy atom. The van der Waals surface area contributed by atoms with Gasteiger partial charge in [0.15, 0.2) is 0 Å². The minimum Gasteiger partial charge on any atom is -0.469 e. The first-order valence-corrected chi connectivity index (χ1v) is 7.79. The number of methoxy groups -OCH3 is 2. The van der Waals surface area contributed by atoms with Crippen molar-refractivity contribution in [1.29, 1.82) is 0 Å². The first-order chi connectivity index (χ1) is 11.6. The summed E-state index contributed by atoms with van der Waals surface area (Å²) in [6.07, 6.45) is 1.58. The van der Waals surface area contributed by atoms with Gasteiger partial charge in [0.2, 0.25) is 0 Å². The van der Waals surface area contributed by atoms with Crippen LogP contribution in [0.15, 0.2) is 54.6 Å². The number of aryl methyl sites for hydroxylation is 2. The van der Waals surface area contributed by atoms with Crippen molar-refractivity contribution in [2.75, 3.05) is 14.2 Å². The van der Waals surface area contributed by atoms with Gasteiger partial charge in [-0.25, -0.2) is 0 Å². The van der Waals surface area contributed by atoms with Gasteiger partial charge in [-0.05, 0) is 30.0 Å². The van der Waals surface area contributed by atoms with Gasteiger partial charge in [-0.1, -0.05) is 54.6 Å². The minimum absolute atomic E-state index is 0.154. The predicted molar refractivity (Wildman–Crippen MR) is 93.7 cm³/mol. The molecular weight excluding hydrogens is 304 g/mol. The van der Waals surface area contributed by atoms with Gasteiger partial charge < -0.3 is 9.47 Å². The van der Waals surface area contributed by atoms with E-state index < -0.39 is 0 Å². The van der Waals surface area contributed by atoms with E-state index in [9.17, 15) is 9.59 Å². The van der Waals surface area contributed by atoms with Crippen LogP contribution in [0.5, 0.6) is 0 Å². The number of rotatable bonds is 5. The molecule has 0 atom stereocenters. The Morgan fingerprint density at radius 1 is 0.833 bits per heavy atom. The summed E-state index contributed by atoms with van der Waals surface area (Å²) in [5, 5.41) is 0. The zero-order valence-corrected chi connectivity index (χ0v) is 14.5. The summed E-state index contributed by atoms with van der Waals surface area (Å²) in [7, 11) is 2.81. The van der Waals surface area contributed by atoms with E-state index in [1.807, 2.05) is 61.5 Å². The van der Waals surface area contributed by atoms with Crippen LogP contribution in [0.3, 0.4) is 0 Å². The summed E-state index contributed by atoms with van der Waals surface area (Å²) in [5.41, 5.74) is 3.33. The van der Waals surface area contributed by atoms with Crippen LogP contribution in [0.2, 0.25) is 0 Å². The fourth-order valence-electron chi connectivity index (χ4n) is 2.03. The molecule has 0 amide bonds. The minimum atomic E-state index is -0.190. The van der Waals surface area contributed by atoms with Crippen molar-refractivity contribution in [1.82, 2.24) is 0 Å². The zero-order valence-electron chi connectivity index (χ0n) is 14.5. The van der Waals surface area contributed by atoms with Gasteiger partial charge in [-0.2, -0.15) is 0 Å². The number of carbonyl (C=O) groups excluding carboxylic acids is 2. The highest BCUT2D eigenvalue weighted by atomic mass is 16.5. The van der Waals surface area contributed by atoms with Crippen LogP contribution in [0.25, 0.3) is 0 Å². The second-order valence-electron chi connectivity index (χ2n) is 5.24. The molecule has 0 bridgehead atoms. The summed E-state index contributed by atoms with van der Waals surface area (Å²) >= 11 is 0. The number of hydrogen-bond donors (Lipinski definition) is 0. The highest BCUT2D eigenvalue weighted by molar-refractivity contribution is 5.72. The Bertz CT molecular complexity index is 635. The van der Waals surface area contributed by atoms with Crippen LogP contribution < -0.4 is 0 Å². The maximum atomic E-state index is 10.9. The van der Waals surface area contributed by atoms with E-state index in [1.165, 1.54) is 19.8 Å². The van der Waals surface area contributed by atoms with Gasteiger partial charge in [0.1, 0.15) is 0 Å². The number of ether oxygens (including phenoxy) is 2. The highest BCUT2D eigenvalue weighted by Gasteiger charge is 2.03. The maximum Gasteiger partial charge on any atom is 0.309 e. The number of carbonyl (C=O) groups is 2. The summed E-state index contributed by atoms with van der Waals surface area (Å²) in [4.78, 5) is 21.7. The van der Waals surface area contributed by atoms with E-state index in [0.717, 1.165) is 17.5 Å². The molecule has 2 aromatic rings. The molecule has 128 valence electrons. The summed E-state index contributed by atoms with van der Waals surface area (Å²) in [6, 6.07) is 17.7. The molecular formula is C20H24O4. The van der Waals surface area contributed by atoms with Gasteiger partial charge in [-0.3, -0.25) is 9.59 Å². The SMILES string of the molecule is COC(=O)CCc1ccccc1.COC(=O)Cc1ccccc1C. The molecule has 0 saturated heterocycles. The molecule has 0 aliphatic rings. The van der Waals surface area contributed by atoms with Crippen molar-refractivity contribution >= 4 is 11.9 Å². The smallest absolute Gasteiger partial charge is 0.309 e. The second kappa shape index (κ2) is 11.0. The molecule has 0 N–H and O–H groups in total. The molecule has 24 heavy (non-hydrogen) atoms. The van der Waals surface area contributed by atoms with E-state index in [2.05, 4.69) is 9.47 Å². The first-order valence-electron chi connectivity index (χ1n) is 7.79. The Labute approximate surface area is 143 Å². The van der Waals surface area contributed by atoms with E-state index in [-0.39, 0.29) is 11.9 Å². The van der Waals surface area contributed by atoms with Gasteiger partial charge in [-0.15, -0.1) is 0 Å². The molecule has 0 unspecified atom stereocenters. The molecule has 0 aromatic heterocycles. The topological polar surface area (TPSA) is 52.6 Å². The van der Waals surface area contributed by atoms with Crippen molar-refractivity contribution < 1.29 is 19.1 Å². The van der Waals surface area contributed by atoms with Gasteiger partial charge in [0.25, 0.3) is 0 Å². The molecule has 4 heteroatoms. The van der Waals surface area contributed by atoms with Crippen LogP contribution in [0.1, 0.15) is 23.1 Å². The summed E-state index contributed by atoms with van der Waals surface area (Å²) in [5.74, 6) is -0.344. The van der Waals surface area contributed by atoms with E-state index in [1.54, 1.807) is 0 Å². The Hall–Kier alpha value is -2.62. The van der Waals surface area contributed by atoms with Crippen LogP contribution in [-0.4, -0.2) is 26.2 Å².